The third kappa shape index (κ3) is 3.03. The summed E-state index contributed by atoms with van der Waals surface area (Å²) >= 11 is 0. The van der Waals surface area contributed by atoms with Gasteiger partial charge in [-0.1, -0.05) is 19.1 Å². The molecule has 0 aliphatic heterocycles. The molecule has 7 heteroatoms. The fourth-order valence-electron chi connectivity index (χ4n) is 2.11. The molecule has 3 aromatic rings. The maximum absolute atomic E-state index is 12.3. The highest BCUT2D eigenvalue weighted by atomic mass is 16.3. The van der Waals surface area contributed by atoms with E-state index in [1.54, 1.807) is 18.2 Å². The van der Waals surface area contributed by atoms with E-state index in [4.69, 9.17) is 0 Å². The van der Waals surface area contributed by atoms with E-state index in [0.717, 1.165) is 12.2 Å². The molecule has 2 heterocycles. The van der Waals surface area contributed by atoms with Crippen LogP contribution >= 0.6 is 0 Å². The Morgan fingerprint density at radius 1 is 1.26 bits per heavy atom. The summed E-state index contributed by atoms with van der Waals surface area (Å²) < 4.78 is 0. The fraction of sp³-hybridized carbons (Fsp3) is 0.125. The van der Waals surface area contributed by atoms with Crippen LogP contribution in [0.5, 0.6) is 5.75 Å². The summed E-state index contributed by atoms with van der Waals surface area (Å²) in [5, 5.41) is 19.5. The molecule has 1 amide bonds. The van der Waals surface area contributed by atoms with Crippen molar-refractivity contribution in [3.8, 4) is 17.1 Å². The number of nitrogens with zero attached hydrogens (tertiary/aromatic N) is 3. The number of rotatable bonds is 4. The van der Waals surface area contributed by atoms with Gasteiger partial charge in [-0.25, -0.2) is 9.97 Å². The average molecular weight is 309 g/mol. The normalized spacial score (nSPS) is 10.5. The van der Waals surface area contributed by atoms with Crippen molar-refractivity contribution in [3.63, 3.8) is 0 Å². The van der Waals surface area contributed by atoms with Gasteiger partial charge in [0.25, 0.3) is 5.91 Å². The number of para-hydroxylation sites is 1. The van der Waals surface area contributed by atoms with Crippen LogP contribution in [-0.2, 0) is 6.42 Å². The van der Waals surface area contributed by atoms with Crippen LogP contribution in [0.25, 0.3) is 11.4 Å². The summed E-state index contributed by atoms with van der Waals surface area (Å²) in [6, 6.07) is 10.2. The van der Waals surface area contributed by atoms with Gasteiger partial charge < -0.3 is 10.4 Å². The molecule has 0 atom stereocenters. The lowest BCUT2D eigenvalue weighted by atomic mass is 10.1. The van der Waals surface area contributed by atoms with Crippen LogP contribution in [0, 0.1) is 0 Å². The number of amides is 1. The van der Waals surface area contributed by atoms with Gasteiger partial charge in [0, 0.05) is 18.2 Å². The first-order valence-electron chi connectivity index (χ1n) is 7.15. The van der Waals surface area contributed by atoms with E-state index in [1.807, 2.05) is 19.1 Å². The molecule has 0 aliphatic carbocycles. The summed E-state index contributed by atoms with van der Waals surface area (Å²) in [4.78, 5) is 20.6. The van der Waals surface area contributed by atoms with E-state index < -0.39 is 5.91 Å². The van der Waals surface area contributed by atoms with Gasteiger partial charge in [-0.15, -0.1) is 0 Å². The van der Waals surface area contributed by atoms with Crippen molar-refractivity contribution in [2.45, 2.75) is 13.3 Å². The SMILES string of the molecule is CCc1nc(-c2ccccc2NC(=O)c2ncccc2O)n[nH]1. The Morgan fingerprint density at radius 3 is 2.83 bits per heavy atom. The zero-order valence-electron chi connectivity index (χ0n) is 12.4. The molecule has 2 aromatic heterocycles. The molecule has 0 saturated heterocycles. The number of nitrogens with one attached hydrogen (secondary N) is 2. The van der Waals surface area contributed by atoms with Crippen LogP contribution in [0.15, 0.2) is 42.6 Å². The highest BCUT2D eigenvalue weighted by Crippen LogP contribution is 2.26. The Balaban J connectivity index is 1.92. The number of hydrogen-bond donors (Lipinski definition) is 3. The highest BCUT2D eigenvalue weighted by molar-refractivity contribution is 6.06. The first kappa shape index (κ1) is 14.7. The molecule has 3 rings (SSSR count). The van der Waals surface area contributed by atoms with E-state index in [1.165, 1.54) is 12.3 Å². The molecule has 0 radical (unpaired) electrons. The summed E-state index contributed by atoms with van der Waals surface area (Å²) in [6.07, 6.45) is 2.19. The number of benzene rings is 1. The summed E-state index contributed by atoms with van der Waals surface area (Å²) in [6.45, 7) is 1.97. The number of aromatic nitrogens is 4. The molecule has 0 fully saturated rings. The molecule has 3 N–H and O–H groups in total. The quantitative estimate of drug-likeness (QED) is 0.686. The van der Waals surface area contributed by atoms with Crippen molar-refractivity contribution in [1.82, 2.24) is 20.2 Å². The third-order valence-corrected chi connectivity index (χ3v) is 3.28. The van der Waals surface area contributed by atoms with Crippen LogP contribution in [0.1, 0.15) is 23.2 Å². The zero-order valence-corrected chi connectivity index (χ0v) is 12.4. The number of H-pyrrole nitrogens is 1. The van der Waals surface area contributed by atoms with Crippen molar-refractivity contribution < 1.29 is 9.90 Å². The lowest BCUT2D eigenvalue weighted by Crippen LogP contribution is -2.14. The first-order chi connectivity index (χ1) is 11.2. The predicted octanol–water partition coefficient (Wildman–Crippen LogP) is 2.39. The molecule has 7 nitrogen and oxygen atoms in total. The lowest BCUT2D eigenvalue weighted by molar-refractivity contribution is 0.101. The number of aromatic hydroxyl groups is 1. The van der Waals surface area contributed by atoms with Crippen molar-refractivity contribution in [2.24, 2.45) is 0 Å². The molecule has 0 aliphatic rings. The number of pyridine rings is 1. The van der Waals surface area contributed by atoms with Gasteiger partial charge in [-0.05, 0) is 24.3 Å². The molecular formula is C16H15N5O2. The Hall–Kier alpha value is -3.22. The second-order valence-electron chi connectivity index (χ2n) is 4.83. The molecular weight excluding hydrogens is 294 g/mol. The standard InChI is InChI=1S/C16H15N5O2/c1-2-13-19-15(21-20-13)10-6-3-4-7-11(10)18-16(23)14-12(22)8-5-9-17-14/h3-9,22H,2H2,1H3,(H,18,23)(H,19,20,21). The second-order valence-corrected chi connectivity index (χ2v) is 4.83. The van der Waals surface area contributed by atoms with E-state index in [-0.39, 0.29) is 11.4 Å². The van der Waals surface area contributed by atoms with Crippen molar-refractivity contribution in [1.29, 1.82) is 0 Å². The third-order valence-electron chi connectivity index (χ3n) is 3.28. The van der Waals surface area contributed by atoms with Crippen LogP contribution < -0.4 is 5.32 Å². The van der Waals surface area contributed by atoms with Gasteiger partial charge in [-0.3, -0.25) is 9.89 Å². The first-order valence-corrected chi connectivity index (χ1v) is 7.15. The van der Waals surface area contributed by atoms with Gasteiger partial charge in [0.2, 0.25) is 0 Å². The summed E-state index contributed by atoms with van der Waals surface area (Å²) in [7, 11) is 0. The molecule has 23 heavy (non-hydrogen) atoms. The molecule has 116 valence electrons. The largest absolute Gasteiger partial charge is 0.505 e. The Morgan fingerprint density at radius 2 is 2.09 bits per heavy atom. The smallest absolute Gasteiger partial charge is 0.278 e. The second kappa shape index (κ2) is 6.27. The van der Waals surface area contributed by atoms with Crippen molar-refractivity contribution in [3.05, 3.63) is 54.1 Å². The molecule has 0 unspecified atom stereocenters. The fourth-order valence-corrected chi connectivity index (χ4v) is 2.11. The number of carbonyl (C=O) groups is 1. The molecule has 0 spiro atoms. The average Bonchev–Trinajstić information content (AvgIpc) is 3.04. The Labute approximate surface area is 132 Å². The van der Waals surface area contributed by atoms with E-state index in [9.17, 15) is 9.90 Å². The van der Waals surface area contributed by atoms with Crippen molar-refractivity contribution in [2.75, 3.05) is 5.32 Å². The van der Waals surface area contributed by atoms with Gasteiger partial charge in [0.15, 0.2) is 11.5 Å². The number of aryl methyl sites for hydroxylation is 1. The van der Waals surface area contributed by atoms with E-state index in [0.29, 0.717) is 17.1 Å². The van der Waals surface area contributed by atoms with Gasteiger partial charge in [-0.2, -0.15) is 5.10 Å². The predicted molar refractivity (Wildman–Crippen MR) is 85.1 cm³/mol. The van der Waals surface area contributed by atoms with Gasteiger partial charge >= 0.3 is 0 Å². The Kier molecular flexibility index (Phi) is 4.01. The number of anilines is 1. The summed E-state index contributed by atoms with van der Waals surface area (Å²) in [5.41, 5.74) is 1.20. The van der Waals surface area contributed by atoms with Gasteiger partial charge in [0.1, 0.15) is 11.6 Å². The zero-order chi connectivity index (χ0) is 16.2. The van der Waals surface area contributed by atoms with E-state index in [2.05, 4.69) is 25.5 Å². The van der Waals surface area contributed by atoms with Gasteiger partial charge in [0.05, 0.1) is 5.69 Å². The Bertz CT molecular complexity index is 844. The maximum Gasteiger partial charge on any atom is 0.278 e. The van der Waals surface area contributed by atoms with Crippen LogP contribution in [0.2, 0.25) is 0 Å². The number of hydrogen-bond acceptors (Lipinski definition) is 5. The van der Waals surface area contributed by atoms with Crippen LogP contribution in [0.4, 0.5) is 5.69 Å². The monoisotopic (exact) mass is 309 g/mol. The molecule has 1 aromatic carbocycles. The minimum Gasteiger partial charge on any atom is -0.505 e. The van der Waals surface area contributed by atoms with Crippen LogP contribution in [-0.4, -0.2) is 31.2 Å². The molecule has 0 bridgehead atoms. The lowest BCUT2D eigenvalue weighted by Gasteiger charge is -2.09. The minimum atomic E-state index is -0.498. The highest BCUT2D eigenvalue weighted by Gasteiger charge is 2.16. The topological polar surface area (TPSA) is 104 Å². The molecule has 0 saturated carbocycles. The van der Waals surface area contributed by atoms with Crippen molar-refractivity contribution >= 4 is 11.6 Å². The maximum atomic E-state index is 12.3. The van der Waals surface area contributed by atoms with Crippen LogP contribution in [0.3, 0.4) is 0 Å². The summed E-state index contributed by atoms with van der Waals surface area (Å²) in [5.74, 6) is 0.599. The minimum absolute atomic E-state index is 0.0356. The number of carbonyl (C=O) groups excluding carboxylic acids is 1. The van der Waals surface area contributed by atoms with E-state index >= 15 is 0 Å². The number of aromatic amines is 1.